The molecule has 0 amide bonds. The summed E-state index contributed by atoms with van der Waals surface area (Å²) in [5.41, 5.74) is 1.41. The van der Waals surface area contributed by atoms with Crippen LogP contribution in [0.1, 0.15) is 31.4 Å². The van der Waals surface area contributed by atoms with Gasteiger partial charge in [0, 0.05) is 22.4 Å². The van der Waals surface area contributed by atoms with Crippen molar-refractivity contribution < 1.29 is 0 Å². The molecule has 1 aromatic heterocycles. The monoisotopic (exact) mass is 359 g/mol. The minimum absolute atomic E-state index is 0.404. The standard InChI is InChI=1S/C15H26BrN3S/c1-4-6-17-15(12-10-20-11-13(12)16)14-9-18(2)7-5-8-19(14)3/h10-11,14-15,17H,4-9H2,1-3H3. The molecule has 2 heterocycles. The highest BCUT2D eigenvalue weighted by Gasteiger charge is 2.30. The van der Waals surface area contributed by atoms with Crippen molar-refractivity contribution >= 4 is 27.3 Å². The molecule has 1 aromatic rings. The zero-order valence-corrected chi connectivity index (χ0v) is 15.1. The Bertz CT molecular complexity index is 410. The van der Waals surface area contributed by atoms with E-state index < -0.39 is 0 Å². The van der Waals surface area contributed by atoms with E-state index in [9.17, 15) is 0 Å². The van der Waals surface area contributed by atoms with Gasteiger partial charge in [0.25, 0.3) is 0 Å². The van der Waals surface area contributed by atoms with Crippen molar-refractivity contribution in [2.75, 3.05) is 40.3 Å². The fourth-order valence-electron chi connectivity index (χ4n) is 2.93. The van der Waals surface area contributed by atoms with E-state index in [1.54, 1.807) is 11.3 Å². The fraction of sp³-hybridized carbons (Fsp3) is 0.733. The highest BCUT2D eigenvalue weighted by molar-refractivity contribution is 9.10. The second kappa shape index (κ2) is 7.90. The van der Waals surface area contributed by atoms with Crippen molar-refractivity contribution in [3.05, 3.63) is 20.8 Å². The van der Waals surface area contributed by atoms with Gasteiger partial charge in [0.2, 0.25) is 0 Å². The maximum absolute atomic E-state index is 3.77. The third-order valence-corrected chi connectivity index (χ3v) is 5.84. The van der Waals surface area contributed by atoms with Crippen LogP contribution in [0, 0.1) is 0 Å². The molecule has 3 nitrogen and oxygen atoms in total. The molecule has 1 aliphatic heterocycles. The zero-order chi connectivity index (χ0) is 14.5. The molecule has 0 radical (unpaired) electrons. The minimum Gasteiger partial charge on any atom is -0.309 e. The summed E-state index contributed by atoms with van der Waals surface area (Å²) in [7, 11) is 4.51. The first kappa shape index (κ1) is 16.4. The predicted octanol–water partition coefficient (Wildman–Crippen LogP) is 3.19. The Morgan fingerprint density at radius 2 is 2.20 bits per heavy atom. The molecule has 0 aliphatic carbocycles. The normalized spacial score (nSPS) is 23.7. The lowest BCUT2D eigenvalue weighted by Crippen LogP contribution is -2.47. The second-order valence-electron chi connectivity index (χ2n) is 5.77. The van der Waals surface area contributed by atoms with Crippen LogP contribution in [0.5, 0.6) is 0 Å². The van der Waals surface area contributed by atoms with Gasteiger partial charge in [-0.3, -0.25) is 0 Å². The molecule has 114 valence electrons. The van der Waals surface area contributed by atoms with Crippen LogP contribution >= 0.6 is 27.3 Å². The van der Waals surface area contributed by atoms with Gasteiger partial charge in [0.1, 0.15) is 0 Å². The van der Waals surface area contributed by atoms with Crippen LogP contribution in [0.15, 0.2) is 15.2 Å². The van der Waals surface area contributed by atoms with Crippen molar-refractivity contribution in [3.63, 3.8) is 0 Å². The Balaban J connectivity index is 2.22. The quantitative estimate of drug-likeness (QED) is 0.870. The molecular formula is C15H26BrN3S. The van der Waals surface area contributed by atoms with E-state index in [0.717, 1.165) is 13.1 Å². The van der Waals surface area contributed by atoms with Gasteiger partial charge < -0.3 is 15.1 Å². The van der Waals surface area contributed by atoms with Crippen LogP contribution in [0.25, 0.3) is 0 Å². The van der Waals surface area contributed by atoms with Crippen LogP contribution in [0.2, 0.25) is 0 Å². The summed E-state index contributed by atoms with van der Waals surface area (Å²) < 4.78 is 1.25. The van der Waals surface area contributed by atoms with E-state index in [4.69, 9.17) is 0 Å². The van der Waals surface area contributed by atoms with E-state index in [-0.39, 0.29) is 0 Å². The van der Waals surface area contributed by atoms with Crippen molar-refractivity contribution in [2.45, 2.75) is 31.8 Å². The lowest BCUT2D eigenvalue weighted by atomic mass is 10.00. The zero-order valence-electron chi connectivity index (χ0n) is 12.7. The van der Waals surface area contributed by atoms with E-state index >= 15 is 0 Å². The molecule has 2 rings (SSSR count). The number of likely N-dealkylation sites (N-methyl/N-ethyl adjacent to an activating group) is 2. The molecule has 1 N–H and O–H groups in total. The number of hydrogen-bond acceptors (Lipinski definition) is 4. The Hall–Kier alpha value is 0.0600. The van der Waals surface area contributed by atoms with Crippen LogP contribution in [0.4, 0.5) is 0 Å². The van der Waals surface area contributed by atoms with Gasteiger partial charge in [0.15, 0.2) is 0 Å². The predicted molar refractivity (Wildman–Crippen MR) is 91.6 cm³/mol. The average Bonchev–Trinajstić information content (AvgIpc) is 2.76. The van der Waals surface area contributed by atoms with E-state index in [0.29, 0.717) is 12.1 Å². The molecule has 5 heteroatoms. The number of rotatable bonds is 5. The van der Waals surface area contributed by atoms with Crippen molar-refractivity contribution in [1.29, 1.82) is 0 Å². The van der Waals surface area contributed by atoms with Gasteiger partial charge in [-0.15, -0.1) is 0 Å². The van der Waals surface area contributed by atoms with Crippen LogP contribution in [-0.4, -0.2) is 56.1 Å². The second-order valence-corrected chi connectivity index (χ2v) is 7.37. The van der Waals surface area contributed by atoms with Crippen LogP contribution in [0.3, 0.4) is 0 Å². The molecule has 1 saturated heterocycles. The summed E-state index contributed by atoms with van der Waals surface area (Å²) in [4.78, 5) is 5.00. The first-order valence-electron chi connectivity index (χ1n) is 7.47. The van der Waals surface area contributed by atoms with Gasteiger partial charge >= 0.3 is 0 Å². The molecule has 2 unspecified atom stereocenters. The summed E-state index contributed by atoms with van der Waals surface area (Å²) in [5.74, 6) is 0. The number of nitrogens with one attached hydrogen (secondary N) is 1. The average molecular weight is 360 g/mol. The lowest BCUT2D eigenvalue weighted by molar-refractivity contribution is 0.178. The number of thiophene rings is 1. The minimum atomic E-state index is 0.404. The lowest BCUT2D eigenvalue weighted by Gasteiger charge is -2.35. The molecule has 0 saturated carbocycles. The summed E-state index contributed by atoms with van der Waals surface area (Å²) in [5, 5.41) is 8.25. The molecule has 0 bridgehead atoms. The summed E-state index contributed by atoms with van der Waals surface area (Å²) in [6.07, 6.45) is 2.43. The summed E-state index contributed by atoms with van der Waals surface area (Å²) >= 11 is 5.50. The molecule has 0 aromatic carbocycles. The summed E-state index contributed by atoms with van der Waals surface area (Å²) in [6, 6.07) is 0.932. The first-order chi connectivity index (χ1) is 9.63. The molecule has 1 aliphatic rings. The highest BCUT2D eigenvalue weighted by atomic mass is 79.9. The van der Waals surface area contributed by atoms with Crippen molar-refractivity contribution in [1.82, 2.24) is 15.1 Å². The number of halogens is 1. The van der Waals surface area contributed by atoms with Crippen LogP contribution in [-0.2, 0) is 0 Å². The SMILES string of the molecule is CCCNC(c1cscc1Br)C1CN(C)CCCN1C. The van der Waals surface area contributed by atoms with E-state index in [2.05, 4.69) is 62.8 Å². The Kier molecular flexibility index (Phi) is 6.49. The maximum atomic E-state index is 3.77. The van der Waals surface area contributed by atoms with Crippen molar-refractivity contribution in [2.24, 2.45) is 0 Å². The van der Waals surface area contributed by atoms with Gasteiger partial charge in [-0.25, -0.2) is 0 Å². The fourth-order valence-corrected chi connectivity index (χ4v) is 4.51. The molecule has 2 atom stereocenters. The molecular weight excluding hydrogens is 334 g/mol. The Morgan fingerprint density at radius 3 is 2.85 bits per heavy atom. The van der Waals surface area contributed by atoms with Crippen LogP contribution < -0.4 is 5.32 Å². The van der Waals surface area contributed by atoms with E-state index in [1.165, 1.54) is 36.0 Å². The Morgan fingerprint density at radius 1 is 1.40 bits per heavy atom. The van der Waals surface area contributed by atoms with Gasteiger partial charge in [0.05, 0.1) is 6.04 Å². The number of nitrogens with zero attached hydrogens (tertiary/aromatic N) is 2. The first-order valence-corrected chi connectivity index (χ1v) is 9.20. The van der Waals surface area contributed by atoms with Gasteiger partial charge in [-0.2, -0.15) is 11.3 Å². The largest absolute Gasteiger partial charge is 0.309 e. The summed E-state index contributed by atoms with van der Waals surface area (Å²) in [6.45, 7) is 6.81. The third-order valence-electron chi connectivity index (χ3n) is 4.09. The highest BCUT2D eigenvalue weighted by Crippen LogP contribution is 2.31. The maximum Gasteiger partial charge on any atom is 0.0510 e. The van der Waals surface area contributed by atoms with Gasteiger partial charge in [-0.05, 0) is 73.4 Å². The Labute approximate surface area is 135 Å². The van der Waals surface area contributed by atoms with E-state index in [1.807, 2.05) is 0 Å². The smallest absolute Gasteiger partial charge is 0.0510 e. The molecule has 1 fully saturated rings. The molecule has 0 spiro atoms. The van der Waals surface area contributed by atoms with Crippen molar-refractivity contribution in [3.8, 4) is 0 Å². The molecule has 20 heavy (non-hydrogen) atoms. The van der Waals surface area contributed by atoms with Gasteiger partial charge in [-0.1, -0.05) is 6.92 Å². The third kappa shape index (κ3) is 4.04. The number of hydrogen-bond donors (Lipinski definition) is 1. The topological polar surface area (TPSA) is 18.5 Å².